The SMILES string of the molecule is CCCC/C(I)=C/CCI. The molecule has 0 aromatic rings. The zero-order chi connectivity index (χ0) is 7.82. The fourth-order valence-electron chi connectivity index (χ4n) is 0.659. The Labute approximate surface area is 91.1 Å². The van der Waals surface area contributed by atoms with Crippen LogP contribution in [0.4, 0.5) is 0 Å². The van der Waals surface area contributed by atoms with Crippen molar-refractivity contribution >= 4 is 45.2 Å². The molecule has 0 aliphatic heterocycles. The van der Waals surface area contributed by atoms with E-state index >= 15 is 0 Å². The molecule has 0 amide bonds. The minimum absolute atomic E-state index is 1.24. The van der Waals surface area contributed by atoms with Gasteiger partial charge in [-0.3, -0.25) is 0 Å². The molecule has 0 unspecified atom stereocenters. The summed E-state index contributed by atoms with van der Waals surface area (Å²) in [5.41, 5.74) is 0. The average molecular weight is 364 g/mol. The third-order valence-electron chi connectivity index (χ3n) is 1.24. The highest BCUT2D eigenvalue weighted by molar-refractivity contribution is 14.1. The number of unbranched alkanes of at least 4 members (excludes halogenated alkanes) is 1. The van der Waals surface area contributed by atoms with Crippen molar-refractivity contribution in [1.29, 1.82) is 0 Å². The third kappa shape index (κ3) is 7.31. The molecule has 0 aliphatic carbocycles. The van der Waals surface area contributed by atoms with Crippen molar-refractivity contribution in [3.8, 4) is 0 Å². The van der Waals surface area contributed by atoms with E-state index in [2.05, 4.69) is 58.2 Å². The molecule has 0 saturated carbocycles. The van der Waals surface area contributed by atoms with Gasteiger partial charge in [0.2, 0.25) is 0 Å². The summed E-state index contributed by atoms with van der Waals surface area (Å²) >= 11 is 4.86. The first-order chi connectivity index (χ1) is 4.81. The van der Waals surface area contributed by atoms with E-state index in [0.29, 0.717) is 0 Å². The topological polar surface area (TPSA) is 0 Å². The number of halogens is 2. The van der Waals surface area contributed by atoms with Gasteiger partial charge in [-0.05, 0) is 45.4 Å². The molecular formula is C8H14I2. The lowest BCUT2D eigenvalue weighted by Crippen LogP contribution is -1.74. The van der Waals surface area contributed by atoms with Crippen LogP contribution in [0.5, 0.6) is 0 Å². The number of allylic oxidation sites excluding steroid dienone is 2. The molecule has 0 saturated heterocycles. The molecule has 2 heteroatoms. The fourth-order valence-corrected chi connectivity index (χ4v) is 1.66. The Balaban J connectivity index is 3.30. The maximum atomic E-state index is 2.45. The first kappa shape index (κ1) is 11.2. The van der Waals surface area contributed by atoms with Crippen molar-refractivity contribution in [2.24, 2.45) is 0 Å². The number of rotatable bonds is 5. The standard InChI is InChI=1S/C8H14I2/c1-2-3-5-8(10)6-4-7-9/h6H,2-5,7H2,1H3/b8-6-. The molecule has 0 fully saturated rings. The zero-order valence-electron chi connectivity index (χ0n) is 6.37. The number of hydrogen-bond donors (Lipinski definition) is 0. The molecule has 0 atom stereocenters. The van der Waals surface area contributed by atoms with Gasteiger partial charge < -0.3 is 0 Å². The third-order valence-corrected chi connectivity index (χ3v) is 2.85. The van der Waals surface area contributed by atoms with E-state index in [-0.39, 0.29) is 0 Å². The number of hydrogen-bond acceptors (Lipinski definition) is 0. The molecule has 10 heavy (non-hydrogen) atoms. The van der Waals surface area contributed by atoms with Gasteiger partial charge in [0, 0.05) is 4.43 Å². The zero-order valence-corrected chi connectivity index (χ0v) is 10.7. The van der Waals surface area contributed by atoms with Gasteiger partial charge in [0.25, 0.3) is 0 Å². The smallest absolute Gasteiger partial charge is 0.00302 e. The molecule has 0 rings (SSSR count). The molecule has 0 aromatic carbocycles. The summed E-state index contributed by atoms with van der Waals surface area (Å²) < 4.78 is 2.78. The fraction of sp³-hybridized carbons (Fsp3) is 0.750. The Kier molecular flexibility index (Phi) is 9.29. The summed E-state index contributed by atoms with van der Waals surface area (Å²) in [6.07, 6.45) is 7.53. The normalized spacial score (nSPS) is 12.1. The van der Waals surface area contributed by atoms with Crippen LogP contribution in [-0.2, 0) is 0 Å². The van der Waals surface area contributed by atoms with Crippen molar-refractivity contribution in [2.45, 2.75) is 32.6 Å². The molecule has 0 heterocycles. The number of alkyl halides is 1. The van der Waals surface area contributed by atoms with Crippen LogP contribution in [0.2, 0.25) is 0 Å². The molecule has 0 spiro atoms. The first-order valence-electron chi connectivity index (χ1n) is 3.71. The first-order valence-corrected chi connectivity index (χ1v) is 6.32. The monoisotopic (exact) mass is 364 g/mol. The highest BCUT2D eigenvalue weighted by atomic mass is 127. The van der Waals surface area contributed by atoms with Gasteiger partial charge in [-0.25, -0.2) is 0 Å². The predicted octanol–water partition coefficient (Wildman–Crippen LogP) is 4.32. The van der Waals surface area contributed by atoms with Crippen LogP contribution in [0.25, 0.3) is 0 Å². The van der Waals surface area contributed by atoms with E-state index in [9.17, 15) is 0 Å². The lowest BCUT2D eigenvalue weighted by Gasteiger charge is -1.95. The highest BCUT2D eigenvalue weighted by Gasteiger charge is 1.89. The molecule has 0 aliphatic rings. The van der Waals surface area contributed by atoms with Crippen LogP contribution in [0, 0.1) is 0 Å². The van der Waals surface area contributed by atoms with Gasteiger partial charge in [-0.2, -0.15) is 0 Å². The Morgan fingerprint density at radius 3 is 2.70 bits per heavy atom. The highest BCUT2D eigenvalue weighted by Crippen LogP contribution is 2.15. The lowest BCUT2D eigenvalue weighted by molar-refractivity contribution is 0.810. The summed E-state index contributed by atoms with van der Waals surface area (Å²) in [7, 11) is 0. The molecule has 0 radical (unpaired) electrons. The minimum Gasteiger partial charge on any atom is -0.0860 e. The minimum atomic E-state index is 1.24. The summed E-state index contributed by atoms with van der Waals surface area (Å²) in [6.45, 7) is 2.24. The summed E-state index contributed by atoms with van der Waals surface area (Å²) in [5.74, 6) is 0. The van der Waals surface area contributed by atoms with E-state index in [0.717, 1.165) is 0 Å². The van der Waals surface area contributed by atoms with Crippen LogP contribution in [0.1, 0.15) is 32.6 Å². The Hall–Kier alpha value is 1.20. The van der Waals surface area contributed by atoms with Crippen molar-refractivity contribution in [3.63, 3.8) is 0 Å². The lowest BCUT2D eigenvalue weighted by atomic mass is 10.2. The second kappa shape index (κ2) is 8.30. The quantitative estimate of drug-likeness (QED) is 0.504. The largest absolute Gasteiger partial charge is 0.0860 e. The summed E-state index contributed by atoms with van der Waals surface area (Å²) in [6, 6.07) is 0. The molecular weight excluding hydrogens is 350 g/mol. The summed E-state index contributed by atoms with van der Waals surface area (Å²) in [4.78, 5) is 0. The van der Waals surface area contributed by atoms with Crippen molar-refractivity contribution in [1.82, 2.24) is 0 Å². The van der Waals surface area contributed by atoms with E-state index in [1.165, 1.54) is 33.7 Å². The van der Waals surface area contributed by atoms with Crippen molar-refractivity contribution in [2.75, 3.05) is 4.43 Å². The second-order valence-corrected chi connectivity index (χ2v) is 4.70. The second-order valence-electron chi connectivity index (χ2n) is 2.23. The van der Waals surface area contributed by atoms with Gasteiger partial charge in [0.15, 0.2) is 0 Å². The van der Waals surface area contributed by atoms with Crippen LogP contribution in [0.3, 0.4) is 0 Å². The van der Waals surface area contributed by atoms with E-state index in [4.69, 9.17) is 0 Å². The van der Waals surface area contributed by atoms with Gasteiger partial charge in [-0.15, -0.1) is 0 Å². The van der Waals surface area contributed by atoms with Crippen molar-refractivity contribution in [3.05, 3.63) is 9.66 Å². The summed E-state index contributed by atoms with van der Waals surface area (Å²) in [5, 5.41) is 0. The Bertz CT molecular complexity index is 97.4. The van der Waals surface area contributed by atoms with Gasteiger partial charge in [0.1, 0.15) is 0 Å². The molecule has 0 nitrogen and oxygen atoms in total. The van der Waals surface area contributed by atoms with Gasteiger partial charge >= 0.3 is 0 Å². The average Bonchev–Trinajstić information content (AvgIpc) is 1.97. The van der Waals surface area contributed by atoms with Crippen LogP contribution in [-0.4, -0.2) is 4.43 Å². The molecule has 0 aromatic heterocycles. The molecule has 0 bridgehead atoms. The Morgan fingerprint density at radius 1 is 1.50 bits per heavy atom. The van der Waals surface area contributed by atoms with Crippen LogP contribution in [0.15, 0.2) is 9.66 Å². The van der Waals surface area contributed by atoms with E-state index < -0.39 is 0 Å². The van der Waals surface area contributed by atoms with Crippen LogP contribution < -0.4 is 0 Å². The van der Waals surface area contributed by atoms with Crippen molar-refractivity contribution < 1.29 is 0 Å². The molecule has 60 valence electrons. The van der Waals surface area contributed by atoms with Gasteiger partial charge in [0.05, 0.1) is 0 Å². The Morgan fingerprint density at radius 2 is 2.20 bits per heavy atom. The molecule has 0 N–H and O–H groups in total. The van der Waals surface area contributed by atoms with E-state index in [1.54, 1.807) is 0 Å². The van der Waals surface area contributed by atoms with Gasteiger partial charge in [-0.1, -0.05) is 42.0 Å². The maximum absolute atomic E-state index is 2.45. The van der Waals surface area contributed by atoms with Crippen LogP contribution >= 0.6 is 45.2 Å². The predicted molar refractivity (Wildman–Crippen MR) is 65.1 cm³/mol. The van der Waals surface area contributed by atoms with E-state index in [1.807, 2.05) is 0 Å². The maximum Gasteiger partial charge on any atom is 0.00302 e.